The van der Waals surface area contributed by atoms with E-state index in [2.05, 4.69) is 9.97 Å². The predicted octanol–water partition coefficient (Wildman–Crippen LogP) is 2.85. The molecule has 1 aromatic heterocycles. The molecule has 1 heterocycles. The van der Waals surface area contributed by atoms with Gasteiger partial charge < -0.3 is 4.74 Å². The molecule has 3 aromatic rings. The van der Waals surface area contributed by atoms with Crippen LogP contribution in [-0.2, 0) is 0 Å². The summed E-state index contributed by atoms with van der Waals surface area (Å²) in [4.78, 5) is 19.6. The second kappa shape index (κ2) is 4.86. The van der Waals surface area contributed by atoms with Crippen LogP contribution in [0, 0.1) is 0 Å². The Morgan fingerprint density at radius 1 is 1.00 bits per heavy atom. The zero-order chi connectivity index (χ0) is 13.1. The fourth-order valence-electron chi connectivity index (χ4n) is 1.79. The summed E-state index contributed by atoms with van der Waals surface area (Å²) in [5.41, 5.74) is 0.190. The predicted molar refractivity (Wildman–Crippen MR) is 70.9 cm³/mol. The van der Waals surface area contributed by atoms with Crippen molar-refractivity contribution in [3.63, 3.8) is 0 Å². The molecule has 0 unspecified atom stereocenters. The Labute approximate surface area is 109 Å². The van der Waals surface area contributed by atoms with Crippen molar-refractivity contribution < 1.29 is 9.53 Å². The molecule has 0 radical (unpaired) electrons. The molecule has 0 amide bonds. The lowest BCUT2D eigenvalue weighted by molar-refractivity contribution is 0.0728. The summed E-state index contributed by atoms with van der Waals surface area (Å²) in [6.45, 7) is 0. The van der Waals surface area contributed by atoms with Crippen molar-refractivity contribution in [2.24, 2.45) is 0 Å². The Morgan fingerprint density at radius 2 is 1.84 bits per heavy atom. The number of rotatable bonds is 2. The quantitative estimate of drug-likeness (QED) is 0.518. The lowest BCUT2D eigenvalue weighted by atomic mass is 10.1. The molecule has 92 valence electrons. The van der Waals surface area contributed by atoms with Crippen LogP contribution in [0.15, 0.2) is 61.1 Å². The molecule has 0 N–H and O–H groups in total. The lowest BCUT2D eigenvalue weighted by Gasteiger charge is -2.04. The zero-order valence-electron chi connectivity index (χ0n) is 9.98. The molecule has 4 nitrogen and oxygen atoms in total. The molecule has 3 rings (SSSR count). The van der Waals surface area contributed by atoms with Crippen molar-refractivity contribution in [1.82, 2.24) is 9.97 Å². The first-order valence-corrected chi connectivity index (χ1v) is 5.80. The fourth-order valence-corrected chi connectivity index (χ4v) is 1.79. The van der Waals surface area contributed by atoms with Gasteiger partial charge in [-0.25, -0.2) is 9.78 Å². The van der Waals surface area contributed by atoms with Crippen LogP contribution in [0.2, 0.25) is 0 Å². The van der Waals surface area contributed by atoms with E-state index in [9.17, 15) is 4.79 Å². The SMILES string of the molecule is O=C(Oc1ccc2ccccc2c1)c1cnccn1. The van der Waals surface area contributed by atoms with Gasteiger partial charge in [-0.05, 0) is 22.9 Å². The van der Waals surface area contributed by atoms with Gasteiger partial charge in [0.2, 0.25) is 0 Å². The van der Waals surface area contributed by atoms with Crippen molar-refractivity contribution in [2.45, 2.75) is 0 Å². The summed E-state index contributed by atoms with van der Waals surface area (Å²) < 4.78 is 5.27. The van der Waals surface area contributed by atoms with Crippen LogP contribution in [0.3, 0.4) is 0 Å². The van der Waals surface area contributed by atoms with Crippen LogP contribution in [0.4, 0.5) is 0 Å². The van der Waals surface area contributed by atoms with E-state index in [-0.39, 0.29) is 5.69 Å². The van der Waals surface area contributed by atoms with Gasteiger partial charge in [-0.1, -0.05) is 30.3 Å². The minimum absolute atomic E-state index is 0.190. The fraction of sp³-hybridized carbons (Fsp3) is 0. The maximum atomic E-state index is 11.8. The van der Waals surface area contributed by atoms with Crippen LogP contribution in [-0.4, -0.2) is 15.9 Å². The first kappa shape index (κ1) is 11.3. The van der Waals surface area contributed by atoms with Crippen molar-refractivity contribution in [2.75, 3.05) is 0 Å². The molecular formula is C15H10N2O2. The topological polar surface area (TPSA) is 52.1 Å². The molecule has 0 bridgehead atoms. The highest BCUT2D eigenvalue weighted by atomic mass is 16.5. The molecule has 0 saturated heterocycles. The number of carbonyl (C=O) groups excluding carboxylic acids is 1. The summed E-state index contributed by atoms with van der Waals surface area (Å²) in [6, 6.07) is 13.4. The lowest BCUT2D eigenvalue weighted by Crippen LogP contribution is -2.10. The normalized spacial score (nSPS) is 10.3. The number of carbonyl (C=O) groups is 1. The zero-order valence-corrected chi connectivity index (χ0v) is 9.98. The van der Waals surface area contributed by atoms with Crippen molar-refractivity contribution in [1.29, 1.82) is 0 Å². The monoisotopic (exact) mass is 250 g/mol. The maximum absolute atomic E-state index is 11.8. The van der Waals surface area contributed by atoms with Gasteiger partial charge >= 0.3 is 5.97 Å². The first-order valence-electron chi connectivity index (χ1n) is 5.80. The number of benzene rings is 2. The molecule has 0 aliphatic carbocycles. The third-order valence-corrected chi connectivity index (χ3v) is 2.70. The summed E-state index contributed by atoms with van der Waals surface area (Å²) in [7, 11) is 0. The smallest absolute Gasteiger partial charge is 0.363 e. The van der Waals surface area contributed by atoms with Crippen molar-refractivity contribution in [3.05, 3.63) is 66.7 Å². The van der Waals surface area contributed by atoms with Gasteiger partial charge in [0.25, 0.3) is 0 Å². The molecule has 0 spiro atoms. The first-order chi connectivity index (χ1) is 9.33. The maximum Gasteiger partial charge on any atom is 0.363 e. The van der Waals surface area contributed by atoms with Gasteiger partial charge in [0.1, 0.15) is 5.75 Å². The Hall–Kier alpha value is -2.75. The number of ether oxygens (including phenoxy) is 1. The molecule has 0 saturated carbocycles. The summed E-state index contributed by atoms with van der Waals surface area (Å²) in [5.74, 6) is -0.0160. The molecule has 19 heavy (non-hydrogen) atoms. The number of esters is 1. The van der Waals surface area contributed by atoms with E-state index in [4.69, 9.17) is 4.74 Å². The summed E-state index contributed by atoms with van der Waals surface area (Å²) in [6.07, 6.45) is 4.34. The third-order valence-electron chi connectivity index (χ3n) is 2.70. The average Bonchev–Trinajstić information content (AvgIpc) is 2.48. The van der Waals surface area contributed by atoms with E-state index in [0.717, 1.165) is 10.8 Å². The second-order valence-corrected chi connectivity index (χ2v) is 3.99. The van der Waals surface area contributed by atoms with Gasteiger partial charge in [-0.3, -0.25) is 4.98 Å². The minimum Gasteiger partial charge on any atom is -0.422 e. The number of aromatic nitrogens is 2. The van der Waals surface area contributed by atoms with Gasteiger partial charge in [-0.2, -0.15) is 0 Å². The van der Waals surface area contributed by atoms with Crippen molar-refractivity contribution in [3.8, 4) is 5.75 Å². The van der Waals surface area contributed by atoms with Crippen LogP contribution < -0.4 is 4.74 Å². The molecule has 0 fully saturated rings. The van der Waals surface area contributed by atoms with Crippen LogP contribution in [0.25, 0.3) is 10.8 Å². The van der Waals surface area contributed by atoms with E-state index in [1.807, 2.05) is 36.4 Å². The van der Waals surface area contributed by atoms with E-state index >= 15 is 0 Å². The number of nitrogens with zero attached hydrogens (tertiary/aromatic N) is 2. The Morgan fingerprint density at radius 3 is 2.63 bits per heavy atom. The summed E-state index contributed by atoms with van der Waals surface area (Å²) in [5, 5.41) is 2.12. The minimum atomic E-state index is -0.511. The number of hydrogen-bond acceptors (Lipinski definition) is 4. The highest BCUT2D eigenvalue weighted by Gasteiger charge is 2.10. The van der Waals surface area contributed by atoms with Gasteiger partial charge in [0, 0.05) is 12.4 Å². The standard InChI is InChI=1S/C15H10N2O2/c18-15(14-10-16-7-8-17-14)19-13-6-5-11-3-1-2-4-12(11)9-13/h1-10H. The van der Waals surface area contributed by atoms with E-state index in [0.29, 0.717) is 5.75 Å². The van der Waals surface area contributed by atoms with Gasteiger partial charge in [0.15, 0.2) is 5.69 Å². The van der Waals surface area contributed by atoms with Crippen molar-refractivity contribution >= 4 is 16.7 Å². The molecule has 0 atom stereocenters. The highest BCUT2D eigenvalue weighted by molar-refractivity contribution is 5.90. The molecule has 4 heteroatoms. The number of hydrogen-bond donors (Lipinski definition) is 0. The molecule has 0 aliphatic rings. The Kier molecular flexibility index (Phi) is 2.90. The molecular weight excluding hydrogens is 240 g/mol. The largest absolute Gasteiger partial charge is 0.422 e. The van der Waals surface area contributed by atoms with Crippen LogP contribution in [0.5, 0.6) is 5.75 Å². The van der Waals surface area contributed by atoms with E-state index < -0.39 is 5.97 Å². The molecule has 0 aliphatic heterocycles. The Bertz CT molecular complexity index is 726. The Balaban J connectivity index is 1.87. The second-order valence-electron chi connectivity index (χ2n) is 3.99. The number of fused-ring (bicyclic) bond motifs is 1. The average molecular weight is 250 g/mol. The van der Waals surface area contributed by atoms with E-state index in [1.165, 1.54) is 18.6 Å². The third kappa shape index (κ3) is 2.42. The molecule has 2 aromatic carbocycles. The van der Waals surface area contributed by atoms with Gasteiger partial charge in [-0.15, -0.1) is 0 Å². The summed E-state index contributed by atoms with van der Waals surface area (Å²) >= 11 is 0. The van der Waals surface area contributed by atoms with E-state index in [1.54, 1.807) is 6.07 Å². The van der Waals surface area contributed by atoms with Gasteiger partial charge in [0.05, 0.1) is 6.20 Å². The van der Waals surface area contributed by atoms with Crippen LogP contribution in [0.1, 0.15) is 10.5 Å². The highest BCUT2D eigenvalue weighted by Crippen LogP contribution is 2.21. The van der Waals surface area contributed by atoms with Crippen LogP contribution >= 0.6 is 0 Å².